The van der Waals surface area contributed by atoms with Crippen molar-refractivity contribution in [2.45, 2.75) is 20.3 Å². The van der Waals surface area contributed by atoms with Crippen LogP contribution in [0, 0.1) is 11.8 Å². The Labute approximate surface area is 174 Å². The minimum atomic E-state index is 0.107. The lowest BCUT2D eigenvalue weighted by Crippen LogP contribution is -2.15. The molecule has 3 aromatic carbocycles. The fourth-order valence-electron chi connectivity index (χ4n) is 3.49. The van der Waals surface area contributed by atoms with E-state index in [2.05, 4.69) is 26.0 Å². The Morgan fingerprint density at radius 1 is 0.690 bits per heavy atom. The third-order valence-corrected chi connectivity index (χ3v) is 4.97. The van der Waals surface area contributed by atoms with Crippen LogP contribution in [0.1, 0.15) is 31.4 Å². The number of aliphatic hydroxyl groups excluding tert-OH is 1. The number of Topliss-reactive ketones (excluding diaryl/α,β-unsaturated/α-hetero) is 1. The molecule has 0 saturated heterocycles. The molecule has 0 bridgehead atoms. The van der Waals surface area contributed by atoms with Gasteiger partial charge < -0.3 is 5.11 Å². The van der Waals surface area contributed by atoms with Gasteiger partial charge in [-0.1, -0.05) is 111 Å². The second-order valence-electron chi connectivity index (χ2n) is 7.16. The van der Waals surface area contributed by atoms with Gasteiger partial charge >= 0.3 is 0 Å². The number of carbonyl (C=O) groups excluding carboxylic acids is 1. The predicted octanol–water partition coefficient (Wildman–Crippen LogP) is 6.14. The molecule has 0 aliphatic heterocycles. The molecule has 0 spiro atoms. The third kappa shape index (κ3) is 6.00. The molecule has 3 aromatic rings. The maximum atomic E-state index is 12.9. The summed E-state index contributed by atoms with van der Waals surface area (Å²) >= 11 is 0. The molecule has 29 heavy (non-hydrogen) atoms. The van der Waals surface area contributed by atoms with Gasteiger partial charge in [0, 0.05) is 18.6 Å². The summed E-state index contributed by atoms with van der Waals surface area (Å²) in [5.74, 6) is 0.780. The van der Waals surface area contributed by atoms with Gasteiger partial charge in [-0.2, -0.15) is 0 Å². The summed E-state index contributed by atoms with van der Waals surface area (Å²) in [6.07, 6.45) is 0.852. The molecule has 0 fully saturated rings. The molecule has 0 saturated carbocycles. The Bertz CT molecular complexity index is 855. The Kier molecular flexibility index (Phi) is 9.07. The van der Waals surface area contributed by atoms with Gasteiger partial charge in [-0.15, -0.1) is 0 Å². The van der Waals surface area contributed by atoms with Gasteiger partial charge in [-0.05, 0) is 29.0 Å². The predicted molar refractivity (Wildman–Crippen MR) is 122 cm³/mol. The number of hydrogen-bond donors (Lipinski definition) is 1. The van der Waals surface area contributed by atoms with Gasteiger partial charge in [-0.3, -0.25) is 4.79 Å². The molecule has 0 radical (unpaired) electrons. The smallest absolute Gasteiger partial charge is 0.167 e. The zero-order chi connectivity index (χ0) is 21.1. The van der Waals surface area contributed by atoms with E-state index in [1.807, 2.05) is 84.9 Å². The molecule has 1 aliphatic rings. The normalized spacial score (nSPS) is 15.3. The summed E-state index contributed by atoms with van der Waals surface area (Å²) in [4.78, 5) is 12.9. The lowest BCUT2D eigenvalue weighted by molar-refractivity contribution is -0.117. The minimum absolute atomic E-state index is 0.107. The number of hydrogen-bond acceptors (Lipinski definition) is 2. The van der Waals surface area contributed by atoms with E-state index < -0.39 is 0 Å². The summed E-state index contributed by atoms with van der Waals surface area (Å²) in [5, 5.41) is 7.00. The molecule has 150 valence electrons. The van der Waals surface area contributed by atoms with Crippen LogP contribution < -0.4 is 0 Å². The molecule has 1 aliphatic carbocycles. The second-order valence-corrected chi connectivity index (χ2v) is 7.16. The van der Waals surface area contributed by atoms with Crippen LogP contribution in [0.2, 0.25) is 0 Å². The van der Waals surface area contributed by atoms with E-state index in [1.54, 1.807) is 0 Å². The standard InChI is InChI=1S/C20H20O.C6H6.CH4O/c1-14(2)17-13-18(15-9-5-3-6-10-15)19(20(17)21)16-11-7-4-8-12-16;1-2-4-6-5-3-1;1-2/h3-12,14,17H,13H2,1-2H3;1-6H;2H,1H3. The highest BCUT2D eigenvalue weighted by Crippen LogP contribution is 2.43. The van der Waals surface area contributed by atoms with Crippen molar-refractivity contribution >= 4 is 16.9 Å². The molecule has 1 unspecified atom stereocenters. The molecule has 4 rings (SSSR count). The lowest BCUT2D eigenvalue weighted by atomic mass is 9.90. The van der Waals surface area contributed by atoms with Gasteiger partial charge in [0.1, 0.15) is 0 Å². The van der Waals surface area contributed by atoms with Crippen molar-refractivity contribution in [1.29, 1.82) is 0 Å². The monoisotopic (exact) mass is 386 g/mol. The van der Waals surface area contributed by atoms with Crippen molar-refractivity contribution in [2.75, 3.05) is 7.11 Å². The summed E-state index contributed by atoms with van der Waals surface area (Å²) in [6.45, 7) is 4.28. The molecular weight excluding hydrogens is 356 g/mol. The fourth-order valence-corrected chi connectivity index (χ4v) is 3.49. The number of carbonyl (C=O) groups is 1. The van der Waals surface area contributed by atoms with Crippen LogP contribution in [-0.4, -0.2) is 18.0 Å². The summed E-state index contributed by atoms with van der Waals surface area (Å²) in [5.41, 5.74) is 4.34. The molecule has 1 atom stereocenters. The number of aliphatic hydroxyl groups is 1. The quantitative estimate of drug-likeness (QED) is 0.587. The molecule has 2 nitrogen and oxygen atoms in total. The first-order valence-corrected chi connectivity index (χ1v) is 10.0. The number of allylic oxidation sites excluding steroid dienone is 2. The van der Waals surface area contributed by atoms with Gasteiger partial charge in [0.15, 0.2) is 5.78 Å². The zero-order valence-corrected chi connectivity index (χ0v) is 17.5. The Morgan fingerprint density at radius 2 is 1.07 bits per heavy atom. The van der Waals surface area contributed by atoms with Gasteiger partial charge in [0.05, 0.1) is 0 Å². The topological polar surface area (TPSA) is 37.3 Å². The average Bonchev–Trinajstić information content (AvgIpc) is 3.15. The van der Waals surface area contributed by atoms with E-state index >= 15 is 0 Å². The van der Waals surface area contributed by atoms with Crippen molar-refractivity contribution < 1.29 is 9.90 Å². The van der Waals surface area contributed by atoms with E-state index in [9.17, 15) is 4.79 Å². The van der Waals surface area contributed by atoms with Crippen molar-refractivity contribution in [1.82, 2.24) is 0 Å². The summed E-state index contributed by atoms with van der Waals surface area (Å²) in [7, 11) is 1.00. The van der Waals surface area contributed by atoms with E-state index in [-0.39, 0.29) is 5.92 Å². The van der Waals surface area contributed by atoms with Gasteiger partial charge in [0.2, 0.25) is 0 Å². The zero-order valence-electron chi connectivity index (χ0n) is 17.5. The number of rotatable bonds is 3. The molecule has 0 heterocycles. The average molecular weight is 387 g/mol. The van der Waals surface area contributed by atoms with Crippen LogP contribution in [-0.2, 0) is 4.79 Å². The molecule has 1 N–H and O–H groups in total. The molecule has 0 amide bonds. The third-order valence-electron chi connectivity index (χ3n) is 4.97. The Balaban J connectivity index is 0.000000317. The second kappa shape index (κ2) is 11.8. The van der Waals surface area contributed by atoms with Crippen LogP contribution in [0.3, 0.4) is 0 Å². The molecule has 2 heteroatoms. The molecule has 0 aromatic heterocycles. The lowest BCUT2D eigenvalue weighted by Gasteiger charge is -2.13. The summed E-state index contributed by atoms with van der Waals surface area (Å²) in [6, 6.07) is 32.4. The van der Waals surface area contributed by atoms with Crippen molar-refractivity contribution in [3.63, 3.8) is 0 Å². The van der Waals surface area contributed by atoms with Crippen LogP contribution >= 0.6 is 0 Å². The first-order valence-electron chi connectivity index (χ1n) is 10.0. The molecular formula is C27H30O2. The van der Waals surface area contributed by atoms with Crippen LogP contribution in [0.4, 0.5) is 0 Å². The van der Waals surface area contributed by atoms with E-state index in [0.717, 1.165) is 24.7 Å². The Hall–Kier alpha value is -2.97. The van der Waals surface area contributed by atoms with Crippen molar-refractivity contribution in [3.05, 3.63) is 108 Å². The highest BCUT2D eigenvalue weighted by molar-refractivity contribution is 6.32. The maximum Gasteiger partial charge on any atom is 0.167 e. The van der Waals surface area contributed by atoms with Crippen LogP contribution in [0.15, 0.2) is 97.1 Å². The Morgan fingerprint density at radius 3 is 1.48 bits per heavy atom. The van der Waals surface area contributed by atoms with Gasteiger partial charge in [-0.25, -0.2) is 0 Å². The number of benzene rings is 3. The first kappa shape index (κ1) is 22.3. The highest BCUT2D eigenvalue weighted by Gasteiger charge is 2.35. The van der Waals surface area contributed by atoms with Gasteiger partial charge in [0.25, 0.3) is 0 Å². The van der Waals surface area contributed by atoms with Crippen molar-refractivity contribution in [2.24, 2.45) is 11.8 Å². The van der Waals surface area contributed by atoms with E-state index in [0.29, 0.717) is 11.7 Å². The van der Waals surface area contributed by atoms with E-state index in [4.69, 9.17) is 5.11 Å². The fraction of sp³-hybridized carbons (Fsp3) is 0.222. The van der Waals surface area contributed by atoms with Crippen LogP contribution in [0.5, 0.6) is 0 Å². The van der Waals surface area contributed by atoms with Crippen molar-refractivity contribution in [3.8, 4) is 0 Å². The SMILES string of the molecule is CC(C)C1CC(c2ccccc2)=C(c2ccccc2)C1=O.CO.c1ccccc1. The van der Waals surface area contributed by atoms with Crippen LogP contribution in [0.25, 0.3) is 11.1 Å². The minimum Gasteiger partial charge on any atom is -0.400 e. The summed E-state index contributed by atoms with van der Waals surface area (Å²) < 4.78 is 0. The maximum absolute atomic E-state index is 12.9. The first-order chi connectivity index (χ1) is 14.2. The number of ketones is 1. The largest absolute Gasteiger partial charge is 0.400 e. The highest BCUT2D eigenvalue weighted by atomic mass is 16.2. The van der Waals surface area contributed by atoms with E-state index in [1.165, 1.54) is 11.1 Å².